The van der Waals surface area contributed by atoms with Gasteiger partial charge in [-0.1, -0.05) is 289 Å². The second-order valence-corrected chi connectivity index (χ2v) is 20.0. The van der Waals surface area contributed by atoms with Crippen LogP contribution in [-0.2, 0) is 14.3 Å². The van der Waals surface area contributed by atoms with Crippen molar-refractivity contribution in [2.75, 3.05) is 13.2 Å². The molecule has 0 saturated carbocycles. The summed E-state index contributed by atoms with van der Waals surface area (Å²) in [6.07, 6.45) is 63.7. The Morgan fingerprint density at radius 3 is 1.06 bits per heavy atom. The summed E-state index contributed by atoms with van der Waals surface area (Å²) < 4.78 is 5.46. The monoisotopic (exact) mass is 904 g/mol. The van der Waals surface area contributed by atoms with Crippen molar-refractivity contribution in [2.45, 2.75) is 334 Å². The highest BCUT2D eigenvalue weighted by molar-refractivity contribution is 5.76. The smallest absolute Gasteiger partial charge is 0.305 e. The number of nitrogens with one attached hydrogen (secondary N) is 1. The molecule has 1 amide bonds. The Morgan fingerprint density at radius 2 is 0.719 bits per heavy atom. The fourth-order valence-electron chi connectivity index (χ4n) is 9.11. The summed E-state index contributed by atoms with van der Waals surface area (Å²) in [6, 6.07) is -0.647. The molecule has 0 saturated heterocycles. The third-order valence-electron chi connectivity index (χ3n) is 13.6. The Bertz CT molecular complexity index is 955. The third-order valence-corrected chi connectivity index (χ3v) is 13.6. The SMILES string of the molecule is CCCCCCCCCCCCCCCCCCCCCCC/C=C/C(O)C(CO)NC(=O)CCCCCCCCCCCOC(=O)CCCCCCCCCCCCCCCCC. The minimum atomic E-state index is -0.862. The van der Waals surface area contributed by atoms with Crippen LogP contribution in [-0.4, -0.2) is 47.4 Å². The molecule has 64 heavy (non-hydrogen) atoms. The average Bonchev–Trinajstić information content (AvgIpc) is 3.29. The average molecular weight is 905 g/mol. The lowest BCUT2D eigenvalue weighted by Gasteiger charge is -2.20. The largest absolute Gasteiger partial charge is 0.466 e. The number of aliphatic hydroxyl groups excluding tert-OH is 2. The van der Waals surface area contributed by atoms with Crippen LogP contribution in [0.1, 0.15) is 322 Å². The van der Waals surface area contributed by atoms with Gasteiger partial charge in [0.1, 0.15) is 0 Å². The van der Waals surface area contributed by atoms with Crippen LogP contribution in [0.2, 0.25) is 0 Å². The molecular weight excluding hydrogens is 791 g/mol. The van der Waals surface area contributed by atoms with Crippen LogP contribution in [0.25, 0.3) is 0 Å². The number of ether oxygens (including phenoxy) is 1. The van der Waals surface area contributed by atoms with E-state index in [1.54, 1.807) is 6.08 Å². The first-order valence-electron chi connectivity index (χ1n) is 29.0. The first-order valence-corrected chi connectivity index (χ1v) is 29.0. The van der Waals surface area contributed by atoms with Gasteiger partial charge in [-0.2, -0.15) is 0 Å². The van der Waals surface area contributed by atoms with E-state index in [0.717, 1.165) is 57.8 Å². The second kappa shape index (κ2) is 54.2. The summed E-state index contributed by atoms with van der Waals surface area (Å²) >= 11 is 0. The van der Waals surface area contributed by atoms with Crippen molar-refractivity contribution in [2.24, 2.45) is 0 Å². The topological polar surface area (TPSA) is 95.9 Å². The summed E-state index contributed by atoms with van der Waals surface area (Å²) in [5.74, 6) is -0.115. The Morgan fingerprint density at radius 1 is 0.422 bits per heavy atom. The fourth-order valence-corrected chi connectivity index (χ4v) is 9.11. The van der Waals surface area contributed by atoms with Gasteiger partial charge in [-0.25, -0.2) is 0 Å². The number of hydrogen-bond acceptors (Lipinski definition) is 5. The lowest BCUT2D eigenvalue weighted by atomic mass is 10.0. The molecule has 2 atom stereocenters. The van der Waals surface area contributed by atoms with E-state index in [9.17, 15) is 19.8 Å². The highest BCUT2D eigenvalue weighted by Gasteiger charge is 2.18. The van der Waals surface area contributed by atoms with Crippen molar-refractivity contribution >= 4 is 11.9 Å². The molecule has 380 valence electrons. The number of carbonyl (C=O) groups is 2. The number of hydrogen-bond donors (Lipinski definition) is 3. The Kier molecular flexibility index (Phi) is 53.0. The molecule has 0 rings (SSSR count). The molecule has 6 nitrogen and oxygen atoms in total. The molecule has 0 bridgehead atoms. The quantitative estimate of drug-likeness (QED) is 0.0321. The first kappa shape index (κ1) is 62.6. The highest BCUT2D eigenvalue weighted by atomic mass is 16.5. The summed E-state index contributed by atoms with van der Waals surface area (Å²) in [5, 5.41) is 23.2. The maximum atomic E-state index is 12.5. The maximum absolute atomic E-state index is 12.5. The number of allylic oxidation sites excluding steroid dienone is 1. The van der Waals surface area contributed by atoms with Crippen LogP contribution in [0, 0.1) is 0 Å². The molecule has 0 aliphatic carbocycles. The van der Waals surface area contributed by atoms with Gasteiger partial charge in [0, 0.05) is 12.8 Å². The van der Waals surface area contributed by atoms with Crippen LogP contribution < -0.4 is 5.32 Å². The van der Waals surface area contributed by atoms with Crippen molar-refractivity contribution in [3.8, 4) is 0 Å². The van der Waals surface area contributed by atoms with Gasteiger partial charge in [0.15, 0.2) is 0 Å². The Balaban J connectivity index is 3.49. The molecule has 0 spiro atoms. The standard InChI is InChI=1S/C58H113NO5/c1-3-5-7-9-11-13-15-17-19-20-21-22-23-24-25-26-28-29-31-34-38-42-46-50-56(61)55(54-60)59-57(62)51-47-43-39-35-33-37-41-45-49-53-64-58(63)52-48-44-40-36-32-30-27-18-16-14-12-10-8-6-4-2/h46,50,55-56,60-61H,3-45,47-49,51-54H2,1-2H3,(H,59,62)/b50-46+. The van der Waals surface area contributed by atoms with Gasteiger partial charge in [-0.05, 0) is 32.1 Å². The molecule has 0 radical (unpaired) electrons. The van der Waals surface area contributed by atoms with Gasteiger partial charge in [0.25, 0.3) is 0 Å². The van der Waals surface area contributed by atoms with E-state index < -0.39 is 12.1 Å². The molecule has 3 N–H and O–H groups in total. The zero-order chi connectivity index (χ0) is 46.5. The van der Waals surface area contributed by atoms with Crippen LogP contribution in [0.15, 0.2) is 12.2 Å². The van der Waals surface area contributed by atoms with Gasteiger partial charge in [0.05, 0.1) is 25.4 Å². The van der Waals surface area contributed by atoms with Crippen LogP contribution in [0.4, 0.5) is 0 Å². The summed E-state index contributed by atoms with van der Waals surface area (Å²) in [6.45, 7) is 4.87. The molecule has 0 aromatic carbocycles. The van der Waals surface area contributed by atoms with E-state index in [1.807, 2.05) is 6.08 Å². The van der Waals surface area contributed by atoms with Crippen LogP contribution in [0.5, 0.6) is 0 Å². The predicted octanol–water partition coefficient (Wildman–Crippen LogP) is 17.7. The molecule has 6 heteroatoms. The minimum Gasteiger partial charge on any atom is -0.466 e. The summed E-state index contributed by atoms with van der Waals surface area (Å²) in [7, 11) is 0. The van der Waals surface area contributed by atoms with Crippen molar-refractivity contribution in [3.05, 3.63) is 12.2 Å². The van der Waals surface area contributed by atoms with E-state index in [-0.39, 0.29) is 18.5 Å². The molecule has 0 aliphatic rings. The van der Waals surface area contributed by atoms with Gasteiger partial charge in [-0.15, -0.1) is 0 Å². The number of esters is 1. The number of aliphatic hydroxyl groups is 2. The fraction of sp³-hybridized carbons (Fsp3) is 0.931. The Hall–Kier alpha value is -1.40. The van der Waals surface area contributed by atoms with E-state index in [4.69, 9.17) is 4.74 Å². The number of unbranched alkanes of at least 4 members (excludes halogenated alkanes) is 43. The van der Waals surface area contributed by atoms with E-state index in [0.29, 0.717) is 19.4 Å². The minimum absolute atomic E-state index is 0.0233. The van der Waals surface area contributed by atoms with Crippen LogP contribution >= 0.6 is 0 Å². The summed E-state index contributed by atoms with van der Waals surface area (Å²) in [5.41, 5.74) is 0. The maximum Gasteiger partial charge on any atom is 0.305 e. The number of rotatable bonds is 54. The lowest BCUT2D eigenvalue weighted by Crippen LogP contribution is -2.45. The zero-order valence-corrected chi connectivity index (χ0v) is 43.3. The molecule has 0 aromatic rings. The van der Waals surface area contributed by atoms with Crippen molar-refractivity contribution < 1.29 is 24.5 Å². The highest BCUT2D eigenvalue weighted by Crippen LogP contribution is 2.17. The third kappa shape index (κ3) is 50.0. The molecule has 0 aromatic heterocycles. The Labute approximate surface area is 399 Å². The van der Waals surface area contributed by atoms with Gasteiger partial charge >= 0.3 is 5.97 Å². The number of carbonyl (C=O) groups excluding carboxylic acids is 2. The lowest BCUT2D eigenvalue weighted by molar-refractivity contribution is -0.143. The molecule has 0 aliphatic heterocycles. The zero-order valence-electron chi connectivity index (χ0n) is 43.3. The summed E-state index contributed by atoms with van der Waals surface area (Å²) in [4.78, 5) is 24.5. The molecule has 0 fully saturated rings. The first-order chi connectivity index (χ1) is 31.5. The molecule has 0 heterocycles. The van der Waals surface area contributed by atoms with Gasteiger partial charge < -0.3 is 20.3 Å². The molecular formula is C58H113NO5. The van der Waals surface area contributed by atoms with E-state index in [1.165, 1.54) is 238 Å². The predicted molar refractivity (Wildman–Crippen MR) is 278 cm³/mol. The normalized spacial score (nSPS) is 12.6. The second-order valence-electron chi connectivity index (χ2n) is 20.0. The van der Waals surface area contributed by atoms with Crippen molar-refractivity contribution in [1.29, 1.82) is 0 Å². The van der Waals surface area contributed by atoms with Gasteiger partial charge in [-0.3, -0.25) is 9.59 Å². The number of amides is 1. The van der Waals surface area contributed by atoms with E-state index in [2.05, 4.69) is 19.2 Å². The molecule has 2 unspecified atom stereocenters. The van der Waals surface area contributed by atoms with Crippen molar-refractivity contribution in [3.63, 3.8) is 0 Å². The van der Waals surface area contributed by atoms with E-state index >= 15 is 0 Å². The van der Waals surface area contributed by atoms with Crippen LogP contribution in [0.3, 0.4) is 0 Å². The van der Waals surface area contributed by atoms with Crippen molar-refractivity contribution in [1.82, 2.24) is 5.32 Å². The van der Waals surface area contributed by atoms with Gasteiger partial charge in [0.2, 0.25) is 5.91 Å².